The van der Waals surface area contributed by atoms with Crippen LogP contribution in [0.15, 0.2) is 47.2 Å². The molecular weight excluding hydrogens is 466 g/mol. The Morgan fingerprint density at radius 2 is 1.93 bits per heavy atom. The number of carbonyl (C=O) groups excluding carboxylic acids is 1. The molecule has 2 N–H and O–H groups in total. The molecule has 0 aliphatic heterocycles. The molecule has 1 amide bonds. The first-order valence-corrected chi connectivity index (χ1v) is 11.1. The van der Waals surface area contributed by atoms with Crippen LogP contribution in [0.2, 0.25) is 0 Å². The summed E-state index contributed by atoms with van der Waals surface area (Å²) >= 11 is 4.70. The van der Waals surface area contributed by atoms with Crippen molar-refractivity contribution in [3.05, 3.63) is 62.8 Å². The van der Waals surface area contributed by atoms with Crippen LogP contribution < -0.4 is 5.32 Å². The molecule has 2 atom stereocenters. The van der Waals surface area contributed by atoms with Crippen molar-refractivity contribution < 1.29 is 14.7 Å². The Kier molecular flexibility index (Phi) is 6.29. The number of carbonyl (C=O) groups is 2. The normalized spacial score (nSPS) is 19.8. The van der Waals surface area contributed by atoms with Gasteiger partial charge in [0.25, 0.3) is 5.91 Å². The van der Waals surface area contributed by atoms with Gasteiger partial charge in [0, 0.05) is 28.3 Å². The van der Waals surface area contributed by atoms with E-state index in [2.05, 4.69) is 52.0 Å². The maximum Gasteiger partial charge on any atom is 0.327 e. The quantitative estimate of drug-likeness (QED) is 0.627. The summed E-state index contributed by atoms with van der Waals surface area (Å²) < 4.78 is 0.785. The van der Waals surface area contributed by atoms with Gasteiger partial charge >= 0.3 is 5.97 Å². The van der Waals surface area contributed by atoms with Gasteiger partial charge < -0.3 is 10.4 Å². The molecule has 6 nitrogen and oxygen atoms in total. The minimum absolute atomic E-state index is 0.0657. The number of nitrogens with one attached hydrogen (secondary N) is 1. The number of allylic oxidation sites excluding steroid dienone is 3. The summed E-state index contributed by atoms with van der Waals surface area (Å²) in [5.41, 5.74) is -0.0163. The van der Waals surface area contributed by atoms with Gasteiger partial charge in [-0.25, -0.2) is 14.8 Å². The summed E-state index contributed by atoms with van der Waals surface area (Å²) in [7, 11) is 0. The molecule has 0 bridgehead atoms. The average molecular weight is 490 g/mol. The van der Waals surface area contributed by atoms with Crippen molar-refractivity contribution in [1.82, 2.24) is 15.3 Å². The highest BCUT2D eigenvalue weighted by Crippen LogP contribution is 2.36. The van der Waals surface area contributed by atoms with Gasteiger partial charge in [-0.2, -0.15) is 0 Å². The lowest BCUT2D eigenvalue weighted by atomic mass is 9.75. The van der Waals surface area contributed by atoms with E-state index in [1.807, 2.05) is 31.2 Å². The van der Waals surface area contributed by atoms with Gasteiger partial charge in [-0.3, -0.25) is 4.79 Å². The second-order valence-electron chi connectivity index (χ2n) is 8.59. The van der Waals surface area contributed by atoms with E-state index in [0.29, 0.717) is 17.1 Å². The van der Waals surface area contributed by atoms with E-state index < -0.39 is 17.4 Å². The van der Waals surface area contributed by atoms with Crippen molar-refractivity contribution in [1.29, 1.82) is 0 Å². The van der Waals surface area contributed by atoms with Crippen LogP contribution in [0.5, 0.6) is 0 Å². The summed E-state index contributed by atoms with van der Waals surface area (Å²) in [6.07, 6.45) is 9.32. The van der Waals surface area contributed by atoms with Crippen LogP contribution in [0, 0.1) is 5.41 Å². The molecule has 0 saturated heterocycles. The molecular formula is C22H24BrN3O3S. The van der Waals surface area contributed by atoms with E-state index in [9.17, 15) is 14.7 Å². The predicted molar refractivity (Wildman–Crippen MR) is 121 cm³/mol. The molecule has 2 unspecified atom stereocenters. The van der Waals surface area contributed by atoms with Crippen LogP contribution in [-0.4, -0.2) is 33.0 Å². The van der Waals surface area contributed by atoms with Gasteiger partial charge in [0.1, 0.15) is 6.04 Å². The number of aliphatic carboxylic acids is 1. The minimum Gasteiger partial charge on any atom is -0.480 e. The van der Waals surface area contributed by atoms with Crippen molar-refractivity contribution >= 4 is 44.7 Å². The van der Waals surface area contributed by atoms with Crippen LogP contribution in [0.3, 0.4) is 0 Å². The Morgan fingerprint density at radius 3 is 2.43 bits per heavy atom. The minimum atomic E-state index is -1.07. The Hall–Kier alpha value is -2.32. The Morgan fingerprint density at radius 1 is 1.27 bits per heavy atom. The topological polar surface area (TPSA) is 92.2 Å². The Bertz CT molecular complexity index is 1020. The molecule has 1 aliphatic rings. The lowest BCUT2D eigenvalue weighted by Crippen LogP contribution is -2.50. The third-order valence-electron chi connectivity index (χ3n) is 5.03. The number of nitrogens with zero attached hydrogens (tertiary/aromatic N) is 2. The van der Waals surface area contributed by atoms with Crippen LogP contribution in [-0.2, 0) is 10.2 Å². The van der Waals surface area contributed by atoms with Crippen LogP contribution in [0.1, 0.15) is 54.5 Å². The van der Waals surface area contributed by atoms with Crippen molar-refractivity contribution in [2.45, 2.75) is 45.6 Å². The highest BCUT2D eigenvalue weighted by molar-refractivity contribution is 9.10. The summed E-state index contributed by atoms with van der Waals surface area (Å²) in [6, 6.07) is 2.61. The van der Waals surface area contributed by atoms with E-state index in [1.54, 1.807) is 18.5 Å². The smallest absolute Gasteiger partial charge is 0.327 e. The van der Waals surface area contributed by atoms with Crippen LogP contribution >= 0.6 is 27.3 Å². The summed E-state index contributed by atoms with van der Waals surface area (Å²) in [4.78, 5) is 34.9. The molecule has 2 heterocycles. The van der Waals surface area contributed by atoms with Gasteiger partial charge in [-0.15, -0.1) is 11.3 Å². The molecule has 2 aromatic heterocycles. The molecule has 8 heteroatoms. The fourth-order valence-electron chi connectivity index (χ4n) is 3.16. The first-order chi connectivity index (χ1) is 14.0. The van der Waals surface area contributed by atoms with Gasteiger partial charge in [0.15, 0.2) is 5.82 Å². The lowest BCUT2D eigenvalue weighted by Gasteiger charge is -2.34. The van der Waals surface area contributed by atoms with Crippen molar-refractivity contribution in [3.63, 3.8) is 0 Å². The number of amides is 1. The van der Waals surface area contributed by atoms with Crippen molar-refractivity contribution in [2.24, 2.45) is 5.41 Å². The molecule has 30 heavy (non-hydrogen) atoms. The second kappa shape index (κ2) is 8.43. The van der Waals surface area contributed by atoms with E-state index in [4.69, 9.17) is 0 Å². The lowest BCUT2D eigenvalue weighted by molar-refractivity contribution is -0.141. The zero-order valence-electron chi connectivity index (χ0n) is 17.3. The van der Waals surface area contributed by atoms with Crippen LogP contribution in [0.4, 0.5) is 0 Å². The first-order valence-electron chi connectivity index (χ1n) is 9.51. The van der Waals surface area contributed by atoms with Gasteiger partial charge in [0.2, 0.25) is 0 Å². The number of aromatic nitrogens is 2. The number of thiophene rings is 1. The molecule has 3 rings (SSSR count). The zero-order valence-corrected chi connectivity index (χ0v) is 19.7. The fraction of sp³-hybridized carbons (Fsp3) is 0.364. The number of hydrogen-bond donors (Lipinski definition) is 2. The summed E-state index contributed by atoms with van der Waals surface area (Å²) in [6.45, 7) is 8.06. The van der Waals surface area contributed by atoms with Crippen LogP contribution in [0.25, 0.3) is 5.57 Å². The Balaban J connectivity index is 1.77. The highest BCUT2D eigenvalue weighted by Gasteiger charge is 2.39. The van der Waals surface area contributed by atoms with Crippen molar-refractivity contribution in [2.75, 3.05) is 0 Å². The van der Waals surface area contributed by atoms with Gasteiger partial charge in [-0.05, 0) is 39.9 Å². The highest BCUT2D eigenvalue weighted by atomic mass is 79.9. The van der Waals surface area contributed by atoms with E-state index in [-0.39, 0.29) is 11.3 Å². The van der Waals surface area contributed by atoms with Gasteiger partial charge in [0.05, 0.1) is 9.35 Å². The molecule has 0 spiro atoms. The van der Waals surface area contributed by atoms with E-state index >= 15 is 0 Å². The Labute approximate surface area is 188 Å². The number of halogens is 1. The molecule has 0 aromatic carbocycles. The standard InChI is InChI=1S/C22H24BrN3O3S/c1-21(2,3)16-6-5-15(30-16)19(27)26-17(20(28)29)22(4)9-7-13(8-10-22)18-24-11-14(23)12-25-18/h5-9,11-12,17H,10H2,1-4H3,(H,26,27)(H,28,29). The van der Waals surface area contributed by atoms with E-state index in [0.717, 1.165) is 14.9 Å². The molecule has 2 aromatic rings. The number of carboxylic acid groups (broad SMARTS) is 1. The average Bonchev–Trinajstić information content (AvgIpc) is 3.18. The fourth-order valence-corrected chi connectivity index (χ4v) is 4.33. The number of rotatable bonds is 5. The van der Waals surface area contributed by atoms with E-state index in [1.165, 1.54) is 11.3 Å². The number of carboxylic acids is 1. The first kappa shape index (κ1) is 22.4. The SMILES string of the molecule is CC(C)(C)c1ccc(C(=O)NC(C(=O)O)C2(C)C=CC(c3ncc(Br)cn3)=CC2)s1. The molecule has 0 fully saturated rings. The van der Waals surface area contributed by atoms with Gasteiger partial charge in [-0.1, -0.05) is 45.9 Å². The largest absolute Gasteiger partial charge is 0.480 e. The molecule has 0 radical (unpaired) electrons. The second-order valence-corrected chi connectivity index (χ2v) is 10.6. The zero-order chi connectivity index (χ0) is 22.1. The summed E-state index contributed by atoms with van der Waals surface area (Å²) in [5, 5.41) is 12.6. The molecule has 0 saturated carbocycles. The maximum atomic E-state index is 12.8. The maximum absolute atomic E-state index is 12.8. The molecule has 1 aliphatic carbocycles. The van der Waals surface area contributed by atoms with Crippen molar-refractivity contribution in [3.8, 4) is 0 Å². The molecule has 158 valence electrons. The monoisotopic (exact) mass is 489 g/mol. The third kappa shape index (κ3) is 4.87. The predicted octanol–water partition coefficient (Wildman–Crippen LogP) is 4.83. The number of hydrogen-bond acceptors (Lipinski definition) is 5. The third-order valence-corrected chi connectivity index (χ3v) is 6.95. The summed E-state index contributed by atoms with van der Waals surface area (Å²) in [5.74, 6) is -0.871.